The molecule has 6 nitrogen and oxygen atoms in total. The molecule has 0 saturated carbocycles. The molecule has 1 aliphatic heterocycles. The molecule has 29 heavy (non-hydrogen) atoms. The van der Waals surface area contributed by atoms with Crippen LogP contribution in [0.5, 0.6) is 11.5 Å². The van der Waals surface area contributed by atoms with Crippen molar-refractivity contribution in [3.05, 3.63) is 53.6 Å². The van der Waals surface area contributed by atoms with Gasteiger partial charge >= 0.3 is 0 Å². The highest BCUT2D eigenvalue weighted by Crippen LogP contribution is 2.28. The van der Waals surface area contributed by atoms with Crippen molar-refractivity contribution in [1.82, 2.24) is 5.32 Å². The van der Waals surface area contributed by atoms with E-state index < -0.39 is 0 Å². The van der Waals surface area contributed by atoms with E-state index >= 15 is 0 Å². The van der Waals surface area contributed by atoms with Gasteiger partial charge in [-0.3, -0.25) is 9.59 Å². The van der Waals surface area contributed by atoms with Gasteiger partial charge in [-0.1, -0.05) is 18.2 Å². The largest absolute Gasteiger partial charge is 0.493 e. The summed E-state index contributed by atoms with van der Waals surface area (Å²) in [5.74, 6) is 1.60. The van der Waals surface area contributed by atoms with Gasteiger partial charge < -0.3 is 19.7 Å². The fourth-order valence-corrected chi connectivity index (χ4v) is 3.52. The van der Waals surface area contributed by atoms with Crippen molar-refractivity contribution in [2.75, 3.05) is 32.2 Å². The van der Waals surface area contributed by atoms with Gasteiger partial charge in [-0.2, -0.15) is 0 Å². The third kappa shape index (κ3) is 5.50. The van der Waals surface area contributed by atoms with Crippen LogP contribution in [-0.4, -0.2) is 39.1 Å². The molecule has 154 valence electrons. The number of nitrogens with one attached hydrogen (secondary N) is 1. The Kier molecular flexibility index (Phi) is 7.11. The SMILES string of the molecule is COc1ccc(CCCNC(=O)Cc2ccc(N3CCCC3=O)cc2)cc1OC. The van der Waals surface area contributed by atoms with Crippen LogP contribution in [0.4, 0.5) is 5.69 Å². The van der Waals surface area contributed by atoms with Gasteiger partial charge in [0.15, 0.2) is 11.5 Å². The third-order valence-corrected chi connectivity index (χ3v) is 5.10. The van der Waals surface area contributed by atoms with Crippen LogP contribution in [0.1, 0.15) is 30.4 Å². The zero-order chi connectivity index (χ0) is 20.6. The van der Waals surface area contributed by atoms with Gasteiger partial charge in [0.2, 0.25) is 11.8 Å². The lowest BCUT2D eigenvalue weighted by Crippen LogP contribution is -2.26. The van der Waals surface area contributed by atoms with Crippen LogP contribution >= 0.6 is 0 Å². The molecule has 0 unspecified atom stereocenters. The number of ether oxygens (including phenoxy) is 2. The summed E-state index contributed by atoms with van der Waals surface area (Å²) >= 11 is 0. The van der Waals surface area contributed by atoms with Crippen LogP contribution in [0, 0.1) is 0 Å². The molecule has 0 aromatic heterocycles. The summed E-state index contributed by atoms with van der Waals surface area (Å²) in [7, 11) is 3.24. The smallest absolute Gasteiger partial charge is 0.227 e. The summed E-state index contributed by atoms with van der Waals surface area (Å²) in [5.41, 5.74) is 2.99. The molecule has 1 N–H and O–H groups in total. The third-order valence-electron chi connectivity index (χ3n) is 5.10. The Hall–Kier alpha value is -3.02. The van der Waals surface area contributed by atoms with Gasteiger partial charge in [0.05, 0.1) is 20.6 Å². The minimum Gasteiger partial charge on any atom is -0.493 e. The van der Waals surface area contributed by atoms with Gasteiger partial charge in [-0.15, -0.1) is 0 Å². The number of aryl methyl sites for hydroxylation is 1. The molecule has 2 amide bonds. The Balaban J connectivity index is 1.41. The summed E-state index contributed by atoms with van der Waals surface area (Å²) in [6.07, 6.45) is 3.56. The highest BCUT2D eigenvalue weighted by molar-refractivity contribution is 5.95. The second-order valence-corrected chi connectivity index (χ2v) is 7.13. The summed E-state index contributed by atoms with van der Waals surface area (Å²) < 4.78 is 10.6. The first-order valence-corrected chi connectivity index (χ1v) is 9.97. The lowest BCUT2D eigenvalue weighted by molar-refractivity contribution is -0.120. The summed E-state index contributed by atoms with van der Waals surface area (Å²) in [4.78, 5) is 25.8. The predicted molar refractivity (Wildman–Crippen MR) is 113 cm³/mol. The van der Waals surface area contributed by atoms with E-state index in [0.717, 1.165) is 42.6 Å². The number of anilines is 1. The number of carbonyl (C=O) groups is 2. The highest BCUT2D eigenvalue weighted by atomic mass is 16.5. The van der Waals surface area contributed by atoms with E-state index in [1.807, 2.05) is 42.5 Å². The second-order valence-electron chi connectivity index (χ2n) is 7.13. The molecule has 1 heterocycles. The monoisotopic (exact) mass is 396 g/mol. The Bertz CT molecular complexity index is 848. The average Bonchev–Trinajstić information content (AvgIpc) is 3.17. The number of rotatable bonds is 9. The number of methoxy groups -OCH3 is 2. The van der Waals surface area contributed by atoms with Crippen molar-refractivity contribution in [3.63, 3.8) is 0 Å². The van der Waals surface area contributed by atoms with E-state index in [4.69, 9.17) is 9.47 Å². The summed E-state index contributed by atoms with van der Waals surface area (Å²) in [6.45, 7) is 1.40. The van der Waals surface area contributed by atoms with E-state index in [0.29, 0.717) is 30.9 Å². The molecule has 2 aromatic rings. The molecule has 0 radical (unpaired) electrons. The molecule has 1 fully saturated rings. The first-order valence-electron chi connectivity index (χ1n) is 9.97. The first kappa shape index (κ1) is 20.7. The quantitative estimate of drug-likeness (QED) is 0.662. The Morgan fingerprint density at radius 1 is 1.03 bits per heavy atom. The van der Waals surface area contributed by atoms with Crippen molar-refractivity contribution in [2.24, 2.45) is 0 Å². The van der Waals surface area contributed by atoms with Gasteiger partial charge in [0.1, 0.15) is 0 Å². The van der Waals surface area contributed by atoms with E-state index in [1.54, 1.807) is 19.1 Å². The maximum Gasteiger partial charge on any atom is 0.227 e. The Labute approximate surface area is 171 Å². The van der Waals surface area contributed by atoms with Crippen LogP contribution in [0.2, 0.25) is 0 Å². The van der Waals surface area contributed by atoms with E-state index in [2.05, 4.69) is 5.32 Å². The molecule has 1 aliphatic rings. The molecule has 0 bridgehead atoms. The molecule has 6 heteroatoms. The summed E-state index contributed by atoms with van der Waals surface area (Å²) in [6, 6.07) is 13.6. The Morgan fingerprint density at radius 3 is 2.41 bits per heavy atom. The molecule has 0 aliphatic carbocycles. The lowest BCUT2D eigenvalue weighted by atomic mass is 10.1. The van der Waals surface area contributed by atoms with Crippen LogP contribution in [-0.2, 0) is 22.4 Å². The number of carbonyl (C=O) groups excluding carboxylic acids is 2. The van der Waals surface area contributed by atoms with Crippen LogP contribution in [0.25, 0.3) is 0 Å². The number of amides is 2. The predicted octanol–water partition coefficient (Wildman–Crippen LogP) is 3.12. The standard InChI is InChI=1S/C23H28N2O4/c1-28-20-12-9-17(15-21(20)29-2)5-3-13-24-22(26)16-18-7-10-19(11-8-18)25-14-4-6-23(25)27/h7-12,15H,3-6,13-14,16H2,1-2H3,(H,24,26). The first-order chi connectivity index (χ1) is 14.1. The number of benzene rings is 2. The zero-order valence-corrected chi connectivity index (χ0v) is 17.1. The molecule has 1 saturated heterocycles. The van der Waals surface area contributed by atoms with Crippen molar-refractivity contribution in [3.8, 4) is 11.5 Å². The van der Waals surface area contributed by atoms with Gasteiger partial charge in [-0.05, 0) is 54.7 Å². The fourth-order valence-electron chi connectivity index (χ4n) is 3.52. The van der Waals surface area contributed by atoms with Crippen LogP contribution < -0.4 is 19.7 Å². The maximum absolute atomic E-state index is 12.2. The second kappa shape index (κ2) is 9.96. The van der Waals surface area contributed by atoms with Crippen molar-refractivity contribution in [2.45, 2.75) is 32.1 Å². The molecule has 0 atom stereocenters. The van der Waals surface area contributed by atoms with Gasteiger partial charge in [0, 0.05) is 25.2 Å². The van der Waals surface area contributed by atoms with Crippen molar-refractivity contribution in [1.29, 1.82) is 0 Å². The molecule has 3 rings (SSSR count). The zero-order valence-electron chi connectivity index (χ0n) is 17.1. The van der Waals surface area contributed by atoms with Crippen LogP contribution in [0.15, 0.2) is 42.5 Å². The van der Waals surface area contributed by atoms with Gasteiger partial charge in [0.25, 0.3) is 0 Å². The summed E-state index contributed by atoms with van der Waals surface area (Å²) in [5, 5.41) is 2.97. The highest BCUT2D eigenvalue weighted by Gasteiger charge is 2.21. The number of hydrogen-bond acceptors (Lipinski definition) is 4. The topological polar surface area (TPSA) is 67.9 Å². The van der Waals surface area contributed by atoms with Crippen molar-refractivity contribution >= 4 is 17.5 Å². The minimum absolute atomic E-state index is 0.00214. The molecule has 2 aromatic carbocycles. The number of hydrogen-bond donors (Lipinski definition) is 1. The van der Waals surface area contributed by atoms with E-state index in [1.165, 1.54) is 0 Å². The maximum atomic E-state index is 12.2. The van der Waals surface area contributed by atoms with Crippen molar-refractivity contribution < 1.29 is 19.1 Å². The van der Waals surface area contributed by atoms with E-state index in [-0.39, 0.29) is 11.8 Å². The van der Waals surface area contributed by atoms with E-state index in [9.17, 15) is 9.59 Å². The lowest BCUT2D eigenvalue weighted by Gasteiger charge is -2.15. The van der Waals surface area contributed by atoms with Gasteiger partial charge in [-0.25, -0.2) is 0 Å². The fraction of sp³-hybridized carbons (Fsp3) is 0.391. The molecule has 0 spiro atoms. The number of nitrogens with zero attached hydrogens (tertiary/aromatic N) is 1. The Morgan fingerprint density at radius 2 is 1.76 bits per heavy atom. The average molecular weight is 396 g/mol. The normalized spacial score (nSPS) is 13.4. The minimum atomic E-state index is 0.00214. The van der Waals surface area contributed by atoms with Crippen LogP contribution in [0.3, 0.4) is 0 Å². The molecular weight excluding hydrogens is 368 g/mol. The molecular formula is C23H28N2O4.